The number of hydrogen-bond donors (Lipinski definition) is 3. The third kappa shape index (κ3) is 3.41. The van der Waals surface area contributed by atoms with E-state index in [9.17, 15) is 9.90 Å². The van der Waals surface area contributed by atoms with E-state index >= 15 is 0 Å². The summed E-state index contributed by atoms with van der Waals surface area (Å²) in [7, 11) is 0. The van der Waals surface area contributed by atoms with Crippen molar-refractivity contribution in [3.8, 4) is 11.3 Å². The van der Waals surface area contributed by atoms with E-state index in [-0.39, 0.29) is 17.7 Å². The minimum atomic E-state index is -0.852. The Hall–Kier alpha value is -3.06. The number of anilines is 2. The first kappa shape index (κ1) is 18.3. The summed E-state index contributed by atoms with van der Waals surface area (Å²) >= 11 is 0. The molecule has 28 heavy (non-hydrogen) atoms. The van der Waals surface area contributed by atoms with Gasteiger partial charge in [0.2, 0.25) is 5.91 Å². The second-order valence-corrected chi connectivity index (χ2v) is 7.97. The quantitative estimate of drug-likeness (QED) is 0.644. The Balaban J connectivity index is 1.63. The lowest BCUT2D eigenvalue weighted by Crippen LogP contribution is -2.26. The van der Waals surface area contributed by atoms with Crippen molar-refractivity contribution < 1.29 is 9.90 Å². The highest BCUT2D eigenvalue weighted by Crippen LogP contribution is 2.46. The molecule has 1 fully saturated rings. The summed E-state index contributed by atoms with van der Waals surface area (Å²) in [5, 5.41) is 14.5. The van der Waals surface area contributed by atoms with Crippen molar-refractivity contribution in [1.82, 2.24) is 15.0 Å². The first-order chi connectivity index (χ1) is 13.2. The van der Waals surface area contributed by atoms with Gasteiger partial charge in [-0.2, -0.15) is 0 Å². The summed E-state index contributed by atoms with van der Waals surface area (Å²) in [6, 6.07) is 5.63. The van der Waals surface area contributed by atoms with Crippen molar-refractivity contribution in [1.29, 1.82) is 0 Å². The molecule has 7 nitrogen and oxygen atoms in total. The Bertz CT molecular complexity index is 1070. The monoisotopic (exact) mass is 377 g/mol. The number of carbonyl (C=O) groups excluding carboxylic acids is 1. The number of hydrogen-bond acceptors (Lipinski definition) is 6. The Morgan fingerprint density at radius 1 is 1.32 bits per heavy atom. The first-order valence-electron chi connectivity index (χ1n) is 9.24. The van der Waals surface area contributed by atoms with Gasteiger partial charge in [-0.05, 0) is 62.3 Å². The Morgan fingerprint density at radius 2 is 2.11 bits per heavy atom. The number of nitrogens with one attached hydrogen (secondary N) is 1. The van der Waals surface area contributed by atoms with Crippen LogP contribution in [0.4, 0.5) is 11.6 Å². The predicted molar refractivity (Wildman–Crippen MR) is 108 cm³/mol. The second kappa shape index (κ2) is 6.53. The maximum absolute atomic E-state index is 12.5. The minimum absolute atomic E-state index is 0.0204. The van der Waals surface area contributed by atoms with Gasteiger partial charge in [0.05, 0.1) is 11.3 Å². The molecule has 0 bridgehead atoms. The lowest BCUT2D eigenvalue weighted by Gasteiger charge is -2.16. The molecule has 0 aliphatic heterocycles. The zero-order chi connectivity index (χ0) is 20.1. The second-order valence-electron chi connectivity index (χ2n) is 7.97. The van der Waals surface area contributed by atoms with Crippen LogP contribution >= 0.6 is 0 Å². The number of aromatic nitrogens is 3. The van der Waals surface area contributed by atoms with Crippen molar-refractivity contribution >= 4 is 28.3 Å². The van der Waals surface area contributed by atoms with Gasteiger partial charge in [-0.3, -0.25) is 9.78 Å². The lowest BCUT2D eigenvalue weighted by atomic mass is 10.0. The summed E-state index contributed by atoms with van der Waals surface area (Å²) in [5.74, 6) is 0.509. The zero-order valence-electron chi connectivity index (χ0n) is 16.1. The summed E-state index contributed by atoms with van der Waals surface area (Å²) in [4.78, 5) is 25.4. The first-order valence-corrected chi connectivity index (χ1v) is 9.24. The van der Waals surface area contributed by atoms with E-state index in [4.69, 9.17) is 5.73 Å². The van der Waals surface area contributed by atoms with Gasteiger partial charge in [0.15, 0.2) is 0 Å². The van der Waals surface area contributed by atoms with Crippen LogP contribution in [0.25, 0.3) is 22.0 Å². The average molecular weight is 377 g/mol. The van der Waals surface area contributed by atoms with E-state index in [0.29, 0.717) is 18.1 Å². The van der Waals surface area contributed by atoms with Crippen LogP contribution < -0.4 is 11.1 Å². The van der Waals surface area contributed by atoms with E-state index in [1.165, 1.54) is 0 Å². The molecule has 4 N–H and O–H groups in total. The van der Waals surface area contributed by atoms with E-state index < -0.39 is 5.60 Å². The third-order valence-electron chi connectivity index (χ3n) is 5.35. The summed E-state index contributed by atoms with van der Waals surface area (Å²) in [6.07, 6.45) is 5.80. The standard InChI is InChI=1S/C21H23N5O2/c1-11-4-5-23-9-14(11)17-6-12-7-18(24-10-15(12)19(22)25-17)26-20(27)13-8-16(13)21(2,3)28/h4-7,9-10,13,16,28H,8H2,1-3H3,(H2,22,25)(H,24,26,27)/t13-,16-/m0/s1. The molecule has 3 aromatic heterocycles. The molecule has 0 saturated heterocycles. The van der Waals surface area contributed by atoms with Crippen molar-refractivity contribution in [3.05, 3.63) is 42.4 Å². The number of nitrogens with zero attached hydrogens (tertiary/aromatic N) is 3. The molecular formula is C21H23N5O2. The number of aliphatic hydroxyl groups is 1. The van der Waals surface area contributed by atoms with Crippen molar-refractivity contribution in [3.63, 3.8) is 0 Å². The highest BCUT2D eigenvalue weighted by atomic mass is 16.3. The smallest absolute Gasteiger partial charge is 0.229 e. The SMILES string of the molecule is Cc1ccncc1-c1cc2cc(NC(=O)[C@H]3C[C@@H]3C(C)(C)O)ncc2c(N)n1. The molecule has 0 spiro atoms. The molecule has 1 aliphatic rings. The number of carbonyl (C=O) groups is 1. The maximum atomic E-state index is 12.5. The largest absolute Gasteiger partial charge is 0.390 e. The summed E-state index contributed by atoms with van der Waals surface area (Å²) < 4.78 is 0. The topological polar surface area (TPSA) is 114 Å². The molecule has 3 heterocycles. The fraction of sp³-hybridized carbons (Fsp3) is 0.333. The predicted octanol–water partition coefficient (Wildman–Crippen LogP) is 2.93. The molecular weight excluding hydrogens is 354 g/mol. The van der Waals surface area contributed by atoms with Crippen LogP contribution in [0.1, 0.15) is 25.8 Å². The Kier molecular flexibility index (Phi) is 4.27. The summed E-state index contributed by atoms with van der Waals surface area (Å²) in [5.41, 5.74) is 7.97. The number of amides is 1. The highest BCUT2D eigenvalue weighted by molar-refractivity contribution is 5.98. The van der Waals surface area contributed by atoms with Gasteiger partial charge in [-0.1, -0.05) is 0 Å². The van der Waals surface area contributed by atoms with Crippen LogP contribution in [-0.4, -0.2) is 31.6 Å². The van der Waals surface area contributed by atoms with E-state index in [2.05, 4.69) is 20.3 Å². The molecule has 0 unspecified atom stereocenters. The van der Waals surface area contributed by atoms with Crippen LogP contribution in [0.15, 0.2) is 36.8 Å². The van der Waals surface area contributed by atoms with E-state index in [1.54, 1.807) is 38.5 Å². The Labute approximate surface area is 163 Å². The van der Waals surface area contributed by atoms with Crippen LogP contribution in [0.3, 0.4) is 0 Å². The number of nitrogens with two attached hydrogens (primary N) is 1. The Morgan fingerprint density at radius 3 is 2.79 bits per heavy atom. The van der Waals surface area contributed by atoms with E-state index in [1.807, 2.05) is 19.1 Å². The van der Waals surface area contributed by atoms with Crippen LogP contribution in [0, 0.1) is 18.8 Å². The van der Waals surface area contributed by atoms with Gasteiger partial charge >= 0.3 is 0 Å². The fourth-order valence-corrected chi connectivity index (χ4v) is 3.60. The zero-order valence-corrected chi connectivity index (χ0v) is 16.1. The van der Waals surface area contributed by atoms with Gasteiger partial charge in [-0.15, -0.1) is 0 Å². The molecule has 0 aromatic carbocycles. The van der Waals surface area contributed by atoms with Crippen molar-refractivity contribution in [2.45, 2.75) is 32.8 Å². The molecule has 2 atom stereocenters. The fourth-order valence-electron chi connectivity index (χ4n) is 3.60. The number of aryl methyl sites for hydroxylation is 1. The van der Waals surface area contributed by atoms with E-state index in [0.717, 1.165) is 27.6 Å². The molecule has 7 heteroatoms. The number of fused-ring (bicyclic) bond motifs is 1. The lowest BCUT2D eigenvalue weighted by molar-refractivity contribution is -0.118. The number of nitrogen functional groups attached to an aromatic ring is 1. The van der Waals surface area contributed by atoms with Gasteiger partial charge in [0.25, 0.3) is 0 Å². The van der Waals surface area contributed by atoms with Crippen LogP contribution in [0.2, 0.25) is 0 Å². The summed E-state index contributed by atoms with van der Waals surface area (Å²) in [6.45, 7) is 5.46. The van der Waals surface area contributed by atoms with Gasteiger partial charge in [0, 0.05) is 35.5 Å². The number of pyridine rings is 3. The van der Waals surface area contributed by atoms with Crippen molar-refractivity contribution in [2.75, 3.05) is 11.1 Å². The molecule has 0 radical (unpaired) electrons. The van der Waals surface area contributed by atoms with Gasteiger partial charge in [-0.25, -0.2) is 9.97 Å². The normalized spacial score (nSPS) is 18.9. The van der Waals surface area contributed by atoms with Gasteiger partial charge in [0.1, 0.15) is 11.6 Å². The molecule has 1 aliphatic carbocycles. The minimum Gasteiger partial charge on any atom is -0.390 e. The van der Waals surface area contributed by atoms with Crippen LogP contribution in [0.5, 0.6) is 0 Å². The number of rotatable bonds is 4. The molecule has 1 amide bonds. The maximum Gasteiger partial charge on any atom is 0.229 e. The average Bonchev–Trinajstić information content (AvgIpc) is 3.43. The molecule has 3 aromatic rings. The molecule has 144 valence electrons. The third-order valence-corrected chi connectivity index (χ3v) is 5.35. The van der Waals surface area contributed by atoms with Gasteiger partial charge < -0.3 is 16.2 Å². The van der Waals surface area contributed by atoms with Crippen molar-refractivity contribution in [2.24, 2.45) is 11.8 Å². The highest BCUT2D eigenvalue weighted by Gasteiger charge is 2.51. The molecule has 4 rings (SSSR count). The van der Waals surface area contributed by atoms with Crippen LogP contribution in [-0.2, 0) is 4.79 Å². The molecule has 1 saturated carbocycles.